The number of carboxylic acids is 1. The zero-order valence-electron chi connectivity index (χ0n) is 9.23. The van der Waals surface area contributed by atoms with E-state index in [2.05, 4.69) is 16.0 Å². The first kappa shape index (κ1) is 10.1. The molecule has 0 saturated carbocycles. The van der Waals surface area contributed by atoms with Gasteiger partial charge in [-0.3, -0.25) is 9.79 Å². The number of benzene rings is 1. The number of fused-ring (bicyclic) bond motifs is 3. The highest BCUT2D eigenvalue weighted by Crippen LogP contribution is 2.26. The average Bonchev–Trinajstić information content (AvgIpc) is 2.68. The van der Waals surface area contributed by atoms with Gasteiger partial charge in [0.1, 0.15) is 0 Å². The summed E-state index contributed by atoms with van der Waals surface area (Å²) >= 11 is 0. The SMILES string of the molecule is O=C(O)CC1=NCCc2c1[nH]c1ccccc21. The van der Waals surface area contributed by atoms with Crippen molar-refractivity contribution in [2.75, 3.05) is 6.54 Å². The monoisotopic (exact) mass is 228 g/mol. The van der Waals surface area contributed by atoms with E-state index in [4.69, 9.17) is 5.11 Å². The van der Waals surface area contributed by atoms with Gasteiger partial charge in [0.25, 0.3) is 0 Å². The molecule has 0 aliphatic carbocycles. The molecule has 1 aliphatic heterocycles. The summed E-state index contributed by atoms with van der Waals surface area (Å²) in [7, 11) is 0. The Kier molecular flexibility index (Phi) is 2.21. The van der Waals surface area contributed by atoms with Crippen LogP contribution in [0.25, 0.3) is 10.9 Å². The average molecular weight is 228 g/mol. The molecule has 0 saturated heterocycles. The van der Waals surface area contributed by atoms with Crippen molar-refractivity contribution in [3.05, 3.63) is 35.5 Å². The Hall–Kier alpha value is -2.10. The highest BCUT2D eigenvalue weighted by atomic mass is 16.4. The van der Waals surface area contributed by atoms with Crippen LogP contribution < -0.4 is 0 Å². The maximum Gasteiger partial charge on any atom is 0.309 e. The van der Waals surface area contributed by atoms with E-state index < -0.39 is 5.97 Å². The van der Waals surface area contributed by atoms with E-state index in [-0.39, 0.29) is 6.42 Å². The Bertz CT molecular complexity index is 625. The molecule has 0 amide bonds. The van der Waals surface area contributed by atoms with Crippen LogP contribution >= 0.6 is 0 Å². The van der Waals surface area contributed by atoms with E-state index in [9.17, 15) is 4.79 Å². The van der Waals surface area contributed by atoms with Crippen molar-refractivity contribution < 1.29 is 9.90 Å². The predicted octanol–water partition coefficient (Wildman–Crippen LogP) is 1.99. The van der Waals surface area contributed by atoms with E-state index in [1.807, 2.05) is 18.2 Å². The molecule has 4 heteroatoms. The summed E-state index contributed by atoms with van der Waals surface area (Å²) in [6.07, 6.45) is 0.863. The van der Waals surface area contributed by atoms with Crippen LogP contribution in [0, 0.1) is 0 Å². The third kappa shape index (κ3) is 1.62. The number of nitrogens with one attached hydrogen (secondary N) is 1. The first-order valence-electron chi connectivity index (χ1n) is 5.61. The van der Waals surface area contributed by atoms with Crippen molar-refractivity contribution in [3.63, 3.8) is 0 Å². The topological polar surface area (TPSA) is 65.4 Å². The number of rotatable bonds is 2. The quantitative estimate of drug-likeness (QED) is 0.825. The highest BCUT2D eigenvalue weighted by Gasteiger charge is 2.20. The van der Waals surface area contributed by atoms with Crippen molar-refractivity contribution in [3.8, 4) is 0 Å². The number of hydrogen-bond acceptors (Lipinski definition) is 2. The molecule has 0 unspecified atom stereocenters. The molecule has 4 nitrogen and oxygen atoms in total. The number of hydrogen-bond donors (Lipinski definition) is 2. The lowest BCUT2D eigenvalue weighted by Crippen LogP contribution is -2.16. The van der Waals surface area contributed by atoms with E-state index in [0.29, 0.717) is 12.3 Å². The number of aliphatic imine (C=N–C) groups is 1. The normalized spacial score (nSPS) is 14.5. The highest BCUT2D eigenvalue weighted by molar-refractivity contribution is 6.12. The Morgan fingerprint density at radius 3 is 3.06 bits per heavy atom. The summed E-state index contributed by atoms with van der Waals surface area (Å²) < 4.78 is 0. The molecule has 1 aliphatic rings. The van der Waals surface area contributed by atoms with E-state index >= 15 is 0 Å². The minimum absolute atomic E-state index is 0.0141. The number of aromatic amines is 1. The second-order valence-corrected chi connectivity index (χ2v) is 4.17. The van der Waals surface area contributed by atoms with Crippen LogP contribution in [0.15, 0.2) is 29.3 Å². The third-order valence-corrected chi connectivity index (χ3v) is 3.09. The van der Waals surface area contributed by atoms with Gasteiger partial charge in [0.05, 0.1) is 17.8 Å². The van der Waals surface area contributed by atoms with Gasteiger partial charge < -0.3 is 10.1 Å². The molecule has 2 aromatic rings. The van der Waals surface area contributed by atoms with E-state index in [0.717, 1.165) is 17.6 Å². The zero-order valence-corrected chi connectivity index (χ0v) is 9.23. The van der Waals surface area contributed by atoms with Crippen LogP contribution in [0.4, 0.5) is 0 Å². The third-order valence-electron chi connectivity index (χ3n) is 3.09. The van der Waals surface area contributed by atoms with Gasteiger partial charge in [-0.1, -0.05) is 18.2 Å². The predicted molar refractivity (Wildman–Crippen MR) is 65.7 cm³/mol. The van der Waals surface area contributed by atoms with Gasteiger partial charge in [-0.25, -0.2) is 0 Å². The molecule has 2 N–H and O–H groups in total. The molecular weight excluding hydrogens is 216 g/mol. The summed E-state index contributed by atoms with van der Waals surface area (Å²) in [6, 6.07) is 8.04. The van der Waals surface area contributed by atoms with Gasteiger partial charge in [-0.15, -0.1) is 0 Å². The molecule has 2 heterocycles. The lowest BCUT2D eigenvalue weighted by molar-refractivity contribution is -0.135. The lowest BCUT2D eigenvalue weighted by atomic mass is 10.0. The van der Waals surface area contributed by atoms with E-state index in [1.54, 1.807) is 0 Å². The minimum atomic E-state index is -0.838. The Balaban J connectivity index is 2.16. The van der Waals surface area contributed by atoms with Gasteiger partial charge in [0, 0.05) is 17.4 Å². The van der Waals surface area contributed by atoms with Crippen LogP contribution in [0.3, 0.4) is 0 Å². The summed E-state index contributed by atoms with van der Waals surface area (Å²) in [4.78, 5) is 18.4. The molecule has 3 rings (SSSR count). The molecule has 0 fully saturated rings. The summed E-state index contributed by atoms with van der Waals surface area (Å²) in [5, 5.41) is 10.1. The van der Waals surface area contributed by atoms with Gasteiger partial charge in [0.15, 0.2) is 0 Å². The maximum absolute atomic E-state index is 10.8. The Labute approximate surface area is 98.0 Å². The molecule has 0 bridgehead atoms. The number of aliphatic carboxylic acids is 1. The van der Waals surface area contributed by atoms with Crippen molar-refractivity contribution in [1.29, 1.82) is 0 Å². The van der Waals surface area contributed by atoms with Crippen LogP contribution in [0.2, 0.25) is 0 Å². The number of aromatic nitrogens is 1. The van der Waals surface area contributed by atoms with Crippen molar-refractivity contribution in [1.82, 2.24) is 4.98 Å². The Morgan fingerprint density at radius 2 is 2.24 bits per heavy atom. The molecule has 1 aromatic heterocycles. The molecule has 0 spiro atoms. The fourth-order valence-corrected chi connectivity index (χ4v) is 2.38. The first-order chi connectivity index (χ1) is 8.25. The molecule has 1 aromatic carbocycles. The fraction of sp³-hybridized carbons (Fsp3) is 0.231. The second-order valence-electron chi connectivity index (χ2n) is 4.17. The van der Waals surface area contributed by atoms with Gasteiger partial charge in [0.2, 0.25) is 0 Å². The summed E-state index contributed by atoms with van der Waals surface area (Å²) in [5.74, 6) is -0.838. The zero-order chi connectivity index (χ0) is 11.8. The van der Waals surface area contributed by atoms with Crippen LogP contribution in [0.1, 0.15) is 17.7 Å². The minimum Gasteiger partial charge on any atom is -0.481 e. The van der Waals surface area contributed by atoms with Gasteiger partial charge >= 0.3 is 5.97 Å². The number of carboxylic acid groups (broad SMARTS) is 1. The number of para-hydroxylation sites is 1. The summed E-state index contributed by atoms with van der Waals surface area (Å²) in [5.41, 5.74) is 3.82. The number of carbonyl (C=O) groups is 1. The van der Waals surface area contributed by atoms with Crippen LogP contribution in [0.5, 0.6) is 0 Å². The van der Waals surface area contributed by atoms with Crippen molar-refractivity contribution in [2.45, 2.75) is 12.8 Å². The molecule has 0 atom stereocenters. The largest absolute Gasteiger partial charge is 0.481 e. The molecule has 0 radical (unpaired) electrons. The smallest absolute Gasteiger partial charge is 0.309 e. The maximum atomic E-state index is 10.8. The van der Waals surface area contributed by atoms with Crippen LogP contribution in [-0.4, -0.2) is 28.3 Å². The van der Waals surface area contributed by atoms with Gasteiger partial charge in [-0.05, 0) is 18.1 Å². The van der Waals surface area contributed by atoms with Gasteiger partial charge in [-0.2, -0.15) is 0 Å². The first-order valence-corrected chi connectivity index (χ1v) is 5.61. The number of H-pyrrole nitrogens is 1. The molecule has 17 heavy (non-hydrogen) atoms. The summed E-state index contributed by atoms with van der Waals surface area (Å²) in [6.45, 7) is 0.678. The lowest BCUT2D eigenvalue weighted by Gasteiger charge is -2.11. The standard InChI is InChI=1S/C13H12N2O2/c16-12(17)7-11-13-9(5-6-14-11)8-3-1-2-4-10(8)15-13/h1-4,15H,5-7H2,(H,16,17). The molecule has 86 valence electrons. The van der Waals surface area contributed by atoms with Crippen molar-refractivity contribution in [2.24, 2.45) is 4.99 Å². The molecular formula is C13H12N2O2. The second kappa shape index (κ2) is 3.73. The number of nitrogens with zero attached hydrogens (tertiary/aromatic N) is 1. The van der Waals surface area contributed by atoms with Crippen LogP contribution in [-0.2, 0) is 11.2 Å². The van der Waals surface area contributed by atoms with E-state index in [1.165, 1.54) is 10.9 Å². The van der Waals surface area contributed by atoms with Crippen molar-refractivity contribution >= 4 is 22.6 Å². The Morgan fingerprint density at radius 1 is 1.41 bits per heavy atom. The fourth-order valence-electron chi connectivity index (χ4n) is 2.38.